The lowest BCUT2D eigenvalue weighted by molar-refractivity contribution is -0.135. The lowest BCUT2D eigenvalue weighted by Gasteiger charge is -1.97. The Morgan fingerprint density at radius 2 is 2.31 bits per heavy atom. The van der Waals surface area contributed by atoms with Crippen molar-refractivity contribution in [1.82, 2.24) is 0 Å². The van der Waals surface area contributed by atoms with Gasteiger partial charge < -0.3 is 9.84 Å². The van der Waals surface area contributed by atoms with E-state index in [1.807, 2.05) is 0 Å². The van der Waals surface area contributed by atoms with Crippen LogP contribution in [0.15, 0.2) is 24.0 Å². The lowest BCUT2D eigenvalue weighted by atomic mass is 10.1. The Kier molecular flexibility index (Phi) is 2.84. The minimum absolute atomic E-state index is 0.201. The molecule has 0 saturated carbocycles. The molecular weight excluding hydrogens is 172 g/mol. The maximum Gasteiger partial charge on any atom is 0.345 e. The average Bonchev–Trinajstić information content (AvgIpc) is 2.42. The van der Waals surface area contributed by atoms with Crippen LogP contribution in [0, 0.1) is 0 Å². The van der Waals surface area contributed by atoms with Crippen LogP contribution in [0.5, 0.6) is 0 Å². The van der Waals surface area contributed by atoms with Crippen molar-refractivity contribution < 1.29 is 19.4 Å². The number of aliphatic hydroxyl groups is 1. The number of esters is 1. The smallest absolute Gasteiger partial charge is 0.345 e. The first-order chi connectivity index (χ1) is 6.16. The fourth-order valence-electron chi connectivity index (χ4n) is 1.03. The maximum absolute atomic E-state index is 11.0. The Labute approximate surface area is 75.5 Å². The van der Waals surface area contributed by atoms with Crippen molar-refractivity contribution in [2.24, 2.45) is 0 Å². The molecule has 13 heavy (non-hydrogen) atoms. The number of aliphatic hydroxyl groups excluding tert-OH is 1. The van der Waals surface area contributed by atoms with Crippen molar-refractivity contribution >= 4 is 11.8 Å². The van der Waals surface area contributed by atoms with Crippen LogP contribution in [0.1, 0.15) is 12.8 Å². The molecule has 70 valence electrons. The SMILES string of the molecule is C=CCC/C(O)=C1/C(=O)COC1=O. The molecule has 1 rings (SSSR count). The second kappa shape index (κ2) is 3.89. The van der Waals surface area contributed by atoms with Crippen molar-refractivity contribution in [1.29, 1.82) is 0 Å². The van der Waals surface area contributed by atoms with E-state index in [1.165, 1.54) is 0 Å². The summed E-state index contributed by atoms with van der Waals surface area (Å²) in [7, 11) is 0. The summed E-state index contributed by atoms with van der Waals surface area (Å²) < 4.78 is 4.45. The first-order valence-electron chi connectivity index (χ1n) is 3.90. The second-order valence-corrected chi connectivity index (χ2v) is 2.65. The standard InChI is InChI=1S/C9H10O4/c1-2-3-4-6(10)8-7(11)5-13-9(8)12/h2,10H,1,3-5H2/b8-6+. The Bertz CT molecular complexity index is 270. The van der Waals surface area contributed by atoms with E-state index in [1.54, 1.807) is 6.08 Å². The number of rotatable bonds is 3. The fourth-order valence-corrected chi connectivity index (χ4v) is 1.03. The first kappa shape index (κ1) is 9.51. The van der Waals surface area contributed by atoms with E-state index >= 15 is 0 Å². The van der Waals surface area contributed by atoms with Gasteiger partial charge in [-0.2, -0.15) is 0 Å². The summed E-state index contributed by atoms with van der Waals surface area (Å²) in [6, 6.07) is 0. The maximum atomic E-state index is 11.0. The predicted molar refractivity (Wildman–Crippen MR) is 45.1 cm³/mol. The Morgan fingerprint density at radius 1 is 1.62 bits per heavy atom. The third-order valence-corrected chi connectivity index (χ3v) is 1.69. The van der Waals surface area contributed by atoms with Crippen LogP contribution in [-0.4, -0.2) is 23.5 Å². The van der Waals surface area contributed by atoms with Crippen molar-refractivity contribution in [3.05, 3.63) is 24.0 Å². The summed E-state index contributed by atoms with van der Waals surface area (Å²) in [5.41, 5.74) is -0.207. The molecule has 0 radical (unpaired) electrons. The van der Waals surface area contributed by atoms with Gasteiger partial charge in [0, 0.05) is 6.42 Å². The predicted octanol–water partition coefficient (Wildman–Crippen LogP) is 0.891. The number of ketones is 1. The van der Waals surface area contributed by atoms with Crippen molar-refractivity contribution in [2.45, 2.75) is 12.8 Å². The summed E-state index contributed by atoms with van der Waals surface area (Å²) in [5, 5.41) is 9.33. The molecule has 0 atom stereocenters. The van der Waals surface area contributed by atoms with E-state index in [0.717, 1.165) is 0 Å². The molecule has 1 fully saturated rings. The zero-order valence-electron chi connectivity index (χ0n) is 7.08. The van der Waals surface area contributed by atoms with Crippen LogP contribution in [0.25, 0.3) is 0 Å². The zero-order chi connectivity index (χ0) is 9.84. The molecule has 0 aliphatic carbocycles. The van der Waals surface area contributed by atoms with Crippen molar-refractivity contribution in [3.63, 3.8) is 0 Å². The molecule has 4 heteroatoms. The van der Waals surface area contributed by atoms with Crippen LogP contribution in [0.3, 0.4) is 0 Å². The van der Waals surface area contributed by atoms with Gasteiger partial charge in [0.25, 0.3) is 0 Å². The van der Waals surface area contributed by atoms with Gasteiger partial charge in [0.1, 0.15) is 11.3 Å². The molecule has 0 aromatic heterocycles. The van der Waals surface area contributed by atoms with Crippen molar-refractivity contribution in [2.75, 3.05) is 6.61 Å². The van der Waals surface area contributed by atoms with Crippen LogP contribution < -0.4 is 0 Å². The normalized spacial score (nSPS) is 20.0. The molecule has 0 spiro atoms. The molecule has 4 nitrogen and oxygen atoms in total. The highest BCUT2D eigenvalue weighted by molar-refractivity contribution is 6.22. The highest BCUT2D eigenvalue weighted by Crippen LogP contribution is 2.16. The number of allylic oxidation sites excluding steroid dienone is 2. The molecule has 0 amide bonds. The van der Waals surface area contributed by atoms with Gasteiger partial charge in [-0.1, -0.05) is 6.08 Å². The van der Waals surface area contributed by atoms with Gasteiger partial charge in [-0.15, -0.1) is 6.58 Å². The average molecular weight is 182 g/mol. The fraction of sp³-hybridized carbons (Fsp3) is 0.333. The molecule has 1 N–H and O–H groups in total. The largest absolute Gasteiger partial charge is 0.511 e. The van der Waals surface area contributed by atoms with Crippen LogP contribution >= 0.6 is 0 Å². The van der Waals surface area contributed by atoms with Crippen molar-refractivity contribution in [3.8, 4) is 0 Å². The van der Waals surface area contributed by atoms with Gasteiger partial charge in [-0.3, -0.25) is 4.79 Å². The molecule has 0 aromatic rings. The number of carbonyl (C=O) groups excluding carboxylic acids is 2. The Hall–Kier alpha value is -1.58. The third kappa shape index (κ3) is 1.96. The highest BCUT2D eigenvalue weighted by Gasteiger charge is 2.31. The summed E-state index contributed by atoms with van der Waals surface area (Å²) in [4.78, 5) is 21.9. The molecule has 0 unspecified atom stereocenters. The van der Waals surface area contributed by atoms with Crippen LogP contribution in [-0.2, 0) is 14.3 Å². The van der Waals surface area contributed by atoms with Gasteiger partial charge in [0.05, 0.1) is 0 Å². The number of ether oxygens (including phenoxy) is 1. The molecule has 1 heterocycles. The van der Waals surface area contributed by atoms with E-state index in [9.17, 15) is 14.7 Å². The second-order valence-electron chi connectivity index (χ2n) is 2.65. The number of cyclic esters (lactones) is 1. The van der Waals surface area contributed by atoms with Crippen LogP contribution in [0.2, 0.25) is 0 Å². The van der Waals surface area contributed by atoms with Gasteiger partial charge in [0.2, 0.25) is 5.78 Å². The van der Waals surface area contributed by atoms with E-state index in [0.29, 0.717) is 6.42 Å². The van der Waals surface area contributed by atoms with E-state index < -0.39 is 11.8 Å². The van der Waals surface area contributed by atoms with E-state index in [2.05, 4.69) is 11.3 Å². The zero-order valence-corrected chi connectivity index (χ0v) is 7.08. The number of carbonyl (C=O) groups is 2. The summed E-state index contributed by atoms with van der Waals surface area (Å²) in [6.45, 7) is 3.20. The van der Waals surface area contributed by atoms with E-state index in [-0.39, 0.29) is 24.4 Å². The number of Topliss-reactive ketones (excluding diaryl/α,β-unsaturated/α-hetero) is 1. The topological polar surface area (TPSA) is 63.6 Å². The summed E-state index contributed by atoms with van der Waals surface area (Å²) >= 11 is 0. The number of hydrogen-bond acceptors (Lipinski definition) is 4. The minimum Gasteiger partial charge on any atom is -0.511 e. The van der Waals surface area contributed by atoms with Gasteiger partial charge >= 0.3 is 5.97 Å². The number of hydrogen-bond donors (Lipinski definition) is 1. The molecule has 1 saturated heterocycles. The quantitative estimate of drug-likeness (QED) is 0.231. The Morgan fingerprint density at radius 3 is 2.77 bits per heavy atom. The van der Waals surface area contributed by atoms with Gasteiger partial charge in [-0.25, -0.2) is 4.79 Å². The third-order valence-electron chi connectivity index (χ3n) is 1.69. The Balaban J connectivity index is 2.81. The molecule has 0 aromatic carbocycles. The highest BCUT2D eigenvalue weighted by atomic mass is 16.5. The van der Waals surface area contributed by atoms with Crippen LogP contribution in [0.4, 0.5) is 0 Å². The molecule has 1 aliphatic heterocycles. The summed E-state index contributed by atoms with van der Waals surface area (Å²) in [5.74, 6) is -1.38. The molecule has 1 aliphatic rings. The minimum atomic E-state index is -0.730. The first-order valence-corrected chi connectivity index (χ1v) is 3.90. The summed E-state index contributed by atoms with van der Waals surface area (Å²) in [6.07, 6.45) is 2.37. The lowest BCUT2D eigenvalue weighted by Crippen LogP contribution is -2.05. The molecular formula is C9H10O4. The monoisotopic (exact) mass is 182 g/mol. The van der Waals surface area contributed by atoms with E-state index in [4.69, 9.17) is 0 Å². The van der Waals surface area contributed by atoms with Gasteiger partial charge in [0.15, 0.2) is 6.61 Å². The molecule has 0 bridgehead atoms. The van der Waals surface area contributed by atoms with Gasteiger partial charge in [-0.05, 0) is 6.42 Å².